The highest BCUT2D eigenvalue weighted by atomic mass is 35.5. The molecule has 0 spiro atoms. The molecule has 0 atom stereocenters. The van der Waals surface area contributed by atoms with Crippen LogP contribution in [0, 0.1) is 0 Å². The summed E-state index contributed by atoms with van der Waals surface area (Å²) in [5.41, 5.74) is 1.53. The van der Waals surface area contributed by atoms with Gasteiger partial charge in [-0.05, 0) is 36.4 Å². The van der Waals surface area contributed by atoms with E-state index in [0.29, 0.717) is 16.6 Å². The molecule has 20 heavy (non-hydrogen) atoms. The quantitative estimate of drug-likeness (QED) is 0.817. The number of alkyl halides is 2. The average molecular weight is 318 g/mol. The summed E-state index contributed by atoms with van der Waals surface area (Å²) in [4.78, 5) is 0. The van der Waals surface area contributed by atoms with Crippen molar-refractivity contribution < 1.29 is 13.5 Å². The molecular weight excluding hydrogens is 307 g/mol. The van der Waals surface area contributed by atoms with Crippen molar-refractivity contribution in [1.29, 1.82) is 0 Å². The molecule has 0 saturated carbocycles. The first kappa shape index (κ1) is 14.9. The molecule has 2 rings (SSSR count). The van der Waals surface area contributed by atoms with Gasteiger partial charge < -0.3 is 10.1 Å². The van der Waals surface area contributed by atoms with Crippen molar-refractivity contribution in [3.8, 4) is 5.75 Å². The van der Waals surface area contributed by atoms with Crippen LogP contribution in [0.3, 0.4) is 0 Å². The molecule has 6 heteroatoms. The summed E-state index contributed by atoms with van der Waals surface area (Å²) in [6.45, 7) is -2.39. The van der Waals surface area contributed by atoms with Crippen LogP contribution in [0.1, 0.15) is 5.56 Å². The number of rotatable bonds is 5. The summed E-state index contributed by atoms with van der Waals surface area (Å²) in [6, 6.07) is 11.5. The van der Waals surface area contributed by atoms with Crippen molar-refractivity contribution in [1.82, 2.24) is 0 Å². The van der Waals surface area contributed by atoms with Crippen LogP contribution in [0.2, 0.25) is 10.0 Å². The van der Waals surface area contributed by atoms with E-state index in [1.807, 2.05) is 0 Å². The summed E-state index contributed by atoms with van der Waals surface area (Å²) >= 11 is 12.1. The van der Waals surface area contributed by atoms with Crippen LogP contribution in [0.15, 0.2) is 42.5 Å². The second kappa shape index (κ2) is 6.77. The standard InChI is InChI=1S/C14H11Cl2F2NO/c15-12-2-1-3-13(16)11(12)8-19-9-4-6-10(7-5-9)20-14(17)18/h1-7,14,19H,8H2. The van der Waals surface area contributed by atoms with E-state index in [1.165, 1.54) is 12.1 Å². The van der Waals surface area contributed by atoms with Crippen molar-refractivity contribution in [3.63, 3.8) is 0 Å². The highest BCUT2D eigenvalue weighted by molar-refractivity contribution is 6.36. The highest BCUT2D eigenvalue weighted by Gasteiger charge is 2.06. The number of anilines is 1. The smallest absolute Gasteiger partial charge is 0.387 e. The number of hydrogen-bond donors (Lipinski definition) is 1. The van der Waals surface area contributed by atoms with Crippen LogP contribution in [0.25, 0.3) is 0 Å². The minimum Gasteiger partial charge on any atom is -0.435 e. The van der Waals surface area contributed by atoms with Gasteiger partial charge in [0.05, 0.1) is 0 Å². The lowest BCUT2D eigenvalue weighted by atomic mass is 10.2. The van der Waals surface area contributed by atoms with Crippen molar-refractivity contribution in [3.05, 3.63) is 58.1 Å². The van der Waals surface area contributed by atoms with Gasteiger partial charge in [-0.3, -0.25) is 0 Å². The molecule has 0 radical (unpaired) electrons. The maximum Gasteiger partial charge on any atom is 0.387 e. The predicted octanol–water partition coefficient (Wildman–Crippen LogP) is 5.21. The van der Waals surface area contributed by atoms with Gasteiger partial charge in [0.25, 0.3) is 0 Å². The van der Waals surface area contributed by atoms with Crippen LogP contribution in [-0.4, -0.2) is 6.61 Å². The molecule has 2 aromatic carbocycles. The molecule has 0 fully saturated rings. The molecular formula is C14H11Cl2F2NO. The predicted molar refractivity (Wildman–Crippen MR) is 76.9 cm³/mol. The van der Waals surface area contributed by atoms with Gasteiger partial charge in [-0.15, -0.1) is 0 Å². The Morgan fingerprint density at radius 3 is 2.15 bits per heavy atom. The molecule has 2 aromatic rings. The molecule has 0 saturated heterocycles. The fourth-order valence-corrected chi connectivity index (χ4v) is 2.18. The average Bonchev–Trinajstić information content (AvgIpc) is 2.39. The van der Waals surface area contributed by atoms with Gasteiger partial charge in [0.1, 0.15) is 5.75 Å². The van der Waals surface area contributed by atoms with Crippen LogP contribution < -0.4 is 10.1 Å². The van der Waals surface area contributed by atoms with Gasteiger partial charge in [-0.1, -0.05) is 29.3 Å². The molecule has 0 aliphatic carbocycles. The maximum atomic E-state index is 12.0. The Bertz CT molecular complexity index is 556. The Morgan fingerprint density at radius 1 is 1.00 bits per heavy atom. The molecule has 0 aromatic heterocycles. The first-order chi connectivity index (χ1) is 9.56. The van der Waals surface area contributed by atoms with Crippen molar-refractivity contribution in [2.45, 2.75) is 13.2 Å². The van der Waals surface area contributed by atoms with Crippen molar-refractivity contribution in [2.24, 2.45) is 0 Å². The summed E-state index contributed by atoms with van der Waals surface area (Å²) < 4.78 is 28.3. The SMILES string of the molecule is FC(F)Oc1ccc(NCc2c(Cl)cccc2Cl)cc1. The van der Waals surface area contributed by atoms with E-state index in [9.17, 15) is 8.78 Å². The fraction of sp³-hybridized carbons (Fsp3) is 0.143. The minimum absolute atomic E-state index is 0.112. The number of halogens is 4. The summed E-state index contributed by atoms with van der Waals surface area (Å²) in [5.74, 6) is 0.112. The van der Waals surface area contributed by atoms with Gasteiger partial charge in [0.15, 0.2) is 0 Å². The topological polar surface area (TPSA) is 21.3 Å². The third-order valence-corrected chi connectivity index (χ3v) is 3.32. The zero-order valence-electron chi connectivity index (χ0n) is 10.2. The lowest BCUT2D eigenvalue weighted by Gasteiger charge is -2.10. The van der Waals surface area contributed by atoms with E-state index >= 15 is 0 Å². The van der Waals surface area contributed by atoms with Crippen LogP contribution >= 0.6 is 23.2 Å². The molecule has 106 valence electrons. The number of ether oxygens (including phenoxy) is 1. The zero-order chi connectivity index (χ0) is 14.5. The third kappa shape index (κ3) is 3.99. The Balaban J connectivity index is 2.00. The van der Waals surface area contributed by atoms with Gasteiger partial charge in [0.2, 0.25) is 0 Å². The molecule has 1 N–H and O–H groups in total. The lowest BCUT2D eigenvalue weighted by Crippen LogP contribution is -2.03. The van der Waals surface area contributed by atoms with E-state index in [-0.39, 0.29) is 5.75 Å². The van der Waals surface area contributed by atoms with E-state index in [1.54, 1.807) is 30.3 Å². The Labute approximate surface area is 125 Å². The molecule has 0 heterocycles. The summed E-state index contributed by atoms with van der Waals surface area (Å²) in [5, 5.41) is 4.25. The molecule has 2 nitrogen and oxygen atoms in total. The first-order valence-electron chi connectivity index (χ1n) is 5.78. The van der Waals surface area contributed by atoms with E-state index in [4.69, 9.17) is 23.2 Å². The van der Waals surface area contributed by atoms with Crippen molar-refractivity contribution >= 4 is 28.9 Å². The number of nitrogens with one attached hydrogen (secondary N) is 1. The van der Waals surface area contributed by atoms with E-state index in [2.05, 4.69) is 10.1 Å². The Hall–Kier alpha value is -1.52. The largest absolute Gasteiger partial charge is 0.435 e. The minimum atomic E-state index is -2.82. The Kier molecular flexibility index (Phi) is 5.04. The second-order valence-electron chi connectivity index (χ2n) is 3.96. The van der Waals surface area contributed by atoms with E-state index < -0.39 is 6.61 Å². The van der Waals surface area contributed by atoms with Gasteiger partial charge in [-0.2, -0.15) is 8.78 Å². The molecule has 0 aliphatic heterocycles. The van der Waals surface area contributed by atoms with Gasteiger partial charge in [-0.25, -0.2) is 0 Å². The third-order valence-electron chi connectivity index (χ3n) is 2.61. The number of benzene rings is 2. The van der Waals surface area contributed by atoms with Crippen LogP contribution in [-0.2, 0) is 6.54 Å². The highest BCUT2D eigenvalue weighted by Crippen LogP contribution is 2.25. The normalized spacial score (nSPS) is 10.7. The zero-order valence-corrected chi connectivity index (χ0v) is 11.8. The molecule has 0 unspecified atom stereocenters. The number of hydrogen-bond acceptors (Lipinski definition) is 2. The summed E-state index contributed by atoms with van der Waals surface area (Å²) in [6.07, 6.45) is 0. The Morgan fingerprint density at radius 2 is 1.60 bits per heavy atom. The van der Waals surface area contributed by atoms with Crippen molar-refractivity contribution in [2.75, 3.05) is 5.32 Å². The molecule has 0 aliphatic rings. The molecule has 0 bridgehead atoms. The summed E-state index contributed by atoms with van der Waals surface area (Å²) in [7, 11) is 0. The first-order valence-corrected chi connectivity index (χ1v) is 6.53. The van der Waals surface area contributed by atoms with E-state index in [0.717, 1.165) is 11.3 Å². The second-order valence-corrected chi connectivity index (χ2v) is 4.77. The van der Waals surface area contributed by atoms with Gasteiger partial charge >= 0.3 is 6.61 Å². The van der Waals surface area contributed by atoms with Crippen LogP contribution in [0.5, 0.6) is 5.75 Å². The molecule has 0 amide bonds. The van der Waals surface area contributed by atoms with Gasteiger partial charge in [0, 0.05) is 27.8 Å². The maximum absolute atomic E-state index is 12.0. The lowest BCUT2D eigenvalue weighted by molar-refractivity contribution is -0.0498. The van der Waals surface area contributed by atoms with Crippen LogP contribution in [0.4, 0.5) is 14.5 Å². The monoisotopic (exact) mass is 317 g/mol. The fourth-order valence-electron chi connectivity index (χ4n) is 1.65.